The maximum Gasteiger partial charge on any atom is 0.222 e. The molecule has 0 saturated heterocycles. The Hall–Kier alpha value is -0.570. The van der Waals surface area contributed by atoms with Gasteiger partial charge in [-0.3, -0.25) is 4.79 Å². The Morgan fingerprint density at radius 2 is 2.12 bits per heavy atom. The molecule has 0 bridgehead atoms. The van der Waals surface area contributed by atoms with E-state index in [1.165, 1.54) is 19.3 Å². The first kappa shape index (κ1) is 14.5. The van der Waals surface area contributed by atoms with Crippen LogP contribution in [0.1, 0.15) is 59.3 Å². The Morgan fingerprint density at radius 3 is 2.71 bits per heavy atom. The topological polar surface area (TPSA) is 49.3 Å². The van der Waals surface area contributed by atoms with Crippen molar-refractivity contribution in [3.8, 4) is 0 Å². The first-order valence-electron chi connectivity index (χ1n) is 7.00. The van der Waals surface area contributed by atoms with Crippen molar-refractivity contribution < 1.29 is 9.90 Å². The van der Waals surface area contributed by atoms with Crippen molar-refractivity contribution in [1.82, 2.24) is 5.32 Å². The average Bonchev–Trinajstić information content (AvgIpc) is 2.27. The first-order valence-corrected chi connectivity index (χ1v) is 7.00. The van der Waals surface area contributed by atoms with E-state index >= 15 is 0 Å². The Bertz CT molecular complexity index is 240. The lowest BCUT2D eigenvalue weighted by molar-refractivity contribution is -0.123. The van der Waals surface area contributed by atoms with Crippen LogP contribution in [0.15, 0.2) is 0 Å². The molecule has 100 valence electrons. The Kier molecular flexibility index (Phi) is 5.96. The zero-order valence-corrected chi connectivity index (χ0v) is 11.4. The summed E-state index contributed by atoms with van der Waals surface area (Å²) in [7, 11) is 0. The Balaban J connectivity index is 2.36. The summed E-state index contributed by atoms with van der Waals surface area (Å²) in [5.74, 6) is 1.51. The molecule has 3 nitrogen and oxygen atoms in total. The Morgan fingerprint density at radius 1 is 1.41 bits per heavy atom. The van der Waals surface area contributed by atoms with Gasteiger partial charge in [0.2, 0.25) is 5.91 Å². The van der Waals surface area contributed by atoms with Gasteiger partial charge in [0.05, 0.1) is 12.5 Å². The summed E-state index contributed by atoms with van der Waals surface area (Å²) >= 11 is 0. The van der Waals surface area contributed by atoms with Crippen molar-refractivity contribution in [3.05, 3.63) is 0 Å². The minimum absolute atomic E-state index is 0.00481. The number of hydrogen-bond donors (Lipinski definition) is 2. The molecule has 2 N–H and O–H groups in total. The van der Waals surface area contributed by atoms with Crippen LogP contribution < -0.4 is 5.32 Å². The largest absolute Gasteiger partial charge is 0.393 e. The van der Waals surface area contributed by atoms with E-state index in [0.717, 1.165) is 24.7 Å². The Labute approximate surface area is 105 Å². The van der Waals surface area contributed by atoms with E-state index < -0.39 is 6.10 Å². The van der Waals surface area contributed by atoms with Gasteiger partial charge in [0.1, 0.15) is 0 Å². The first-order chi connectivity index (χ1) is 8.02. The molecule has 3 heteroatoms. The van der Waals surface area contributed by atoms with Crippen LogP contribution in [0, 0.1) is 11.8 Å². The number of rotatable bonds is 5. The number of nitrogens with one attached hydrogen (secondary N) is 1. The predicted molar refractivity (Wildman–Crippen MR) is 69.6 cm³/mol. The molecule has 1 aliphatic rings. The van der Waals surface area contributed by atoms with Crippen molar-refractivity contribution in [2.45, 2.75) is 71.4 Å². The lowest BCUT2D eigenvalue weighted by atomic mass is 9.77. The van der Waals surface area contributed by atoms with E-state index in [-0.39, 0.29) is 12.3 Å². The molecule has 1 aliphatic carbocycles. The molecule has 0 heterocycles. The maximum absolute atomic E-state index is 11.6. The third-order valence-electron chi connectivity index (χ3n) is 4.01. The zero-order chi connectivity index (χ0) is 12.8. The second-order valence-corrected chi connectivity index (χ2v) is 5.63. The SMILES string of the molecule is CCC(C)C1CCC[C@@H](NC(=O)CC(C)O)C1. The number of aliphatic hydroxyl groups excluding tert-OH is 1. The van der Waals surface area contributed by atoms with Crippen LogP contribution in [0.5, 0.6) is 0 Å². The highest BCUT2D eigenvalue weighted by molar-refractivity contribution is 5.76. The molecule has 1 fully saturated rings. The fourth-order valence-electron chi connectivity index (χ4n) is 2.76. The maximum atomic E-state index is 11.6. The number of carbonyl (C=O) groups excluding carboxylic acids is 1. The van der Waals surface area contributed by atoms with Crippen LogP contribution in [-0.2, 0) is 4.79 Å². The molecule has 0 aromatic rings. The summed E-state index contributed by atoms with van der Waals surface area (Å²) in [6, 6.07) is 0.328. The molecule has 3 unspecified atom stereocenters. The molecule has 1 saturated carbocycles. The molecule has 0 aromatic carbocycles. The lowest BCUT2D eigenvalue weighted by Gasteiger charge is -2.33. The second kappa shape index (κ2) is 7.00. The summed E-state index contributed by atoms with van der Waals surface area (Å²) in [4.78, 5) is 11.6. The van der Waals surface area contributed by atoms with E-state index in [4.69, 9.17) is 5.11 Å². The van der Waals surface area contributed by atoms with Gasteiger partial charge in [0.25, 0.3) is 0 Å². The summed E-state index contributed by atoms with van der Waals surface area (Å²) in [6.45, 7) is 6.20. The van der Waals surface area contributed by atoms with Crippen LogP contribution in [0.25, 0.3) is 0 Å². The summed E-state index contributed by atoms with van der Waals surface area (Å²) in [6.07, 6.45) is 5.64. The van der Waals surface area contributed by atoms with Gasteiger partial charge in [-0.25, -0.2) is 0 Å². The third-order valence-corrected chi connectivity index (χ3v) is 4.01. The number of carbonyl (C=O) groups is 1. The van der Waals surface area contributed by atoms with Crippen LogP contribution in [0.2, 0.25) is 0 Å². The molecule has 0 radical (unpaired) electrons. The third kappa shape index (κ3) is 5.07. The van der Waals surface area contributed by atoms with Crippen molar-refractivity contribution >= 4 is 5.91 Å². The lowest BCUT2D eigenvalue weighted by Crippen LogP contribution is -2.40. The molecule has 0 spiro atoms. The van der Waals surface area contributed by atoms with E-state index in [0.29, 0.717) is 6.04 Å². The van der Waals surface area contributed by atoms with Crippen molar-refractivity contribution in [1.29, 1.82) is 0 Å². The monoisotopic (exact) mass is 241 g/mol. The van der Waals surface area contributed by atoms with Crippen molar-refractivity contribution in [3.63, 3.8) is 0 Å². The molecule has 0 aromatic heterocycles. The molecule has 1 amide bonds. The highest BCUT2D eigenvalue weighted by Gasteiger charge is 2.26. The van der Waals surface area contributed by atoms with Crippen molar-refractivity contribution in [2.24, 2.45) is 11.8 Å². The fourth-order valence-corrected chi connectivity index (χ4v) is 2.76. The molecule has 4 atom stereocenters. The number of hydrogen-bond acceptors (Lipinski definition) is 2. The van der Waals surface area contributed by atoms with Gasteiger partial charge in [0.15, 0.2) is 0 Å². The van der Waals surface area contributed by atoms with Gasteiger partial charge in [-0.1, -0.05) is 33.1 Å². The van der Waals surface area contributed by atoms with E-state index in [1.54, 1.807) is 6.92 Å². The second-order valence-electron chi connectivity index (χ2n) is 5.63. The van der Waals surface area contributed by atoms with Gasteiger partial charge in [-0.2, -0.15) is 0 Å². The zero-order valence-electron chi connectivity index (χ0n) is 11.4. The summed E-state index contributed by atoms with van der Waals surface area (Å²) < 4.78 is 0. The van der Waals surface area contributed by atoms with Gasteiger partial charge < -0.3 is 10.4 Å². The molecular weight excluding hydrogens is 214 g/mol. The smallest absolute Gasteiger partial charge is 0.222 e. The number of aliphatic hydroxyl groups is 1. The van der Waals surface area contributed by atoms with Crippen LogP contribution >= 0.6 is 0 Å². The fraction of sp³-hybridized carbons (Fsp3) is 0.929. The van der Waals surface area contributed by atoms with Gasteiger partial charge in [-0.15, -0.1) is 0 Å². The average molecular weight is 241 g/mol. The molecule has 0 aliphatic heterocycles. The highest BCUT2D eigenvalue weighted by atomic mass is 16.3. The van der Waals surface area contributed by atoms with E-state index in [2.05, 4.69) is 19.2 Å². The predicted octanol–water partition coefficient (Wildman–Crippen LogP) is 2.48. The summed E-state index contributed by atoms with van der Waals surface area (Å²) in [5, 5.41) is 12.2. The normalized spacial score (nSPS) is 28.5. The van der Waals surface area contributed by atoms with E-state index in [1.807, 2.05) is 0 Å². The van der Waals surface area contributed by atoms with Gasteiger partial charge in [-0.05, 0) is 31.6 Å². The quantitative estimate of drug-likeness (QED) is 0.777. The van der Waals surface area contributed by atoms with E-state index in [9.17, 15) is 4.79 Å². The minimum atomic E-state index is -0.538. The molecule has 17 heavy (non-hydrogen) atoms. The standard InChI is InChI=1S/C14H27NO2/c1-4-10(2)12-6-5-7-13(9-12)15-14(17)8-11(3)16/h10-13,16H,4-9H2,1-3H3,(H,15,17)/t10?,11?,12?,13-/m1/s1. The van der Waals surface area contributed by atoms with Gasteiger partial charge >= 0.3 is 0 Å². The highest BCUT2D eigenvalue weighted by Crippen LogP contribution is 2.31. The molecular formula is C14H27NO2. The minimum Gasteiger partial charge on any atom is -0.393 e. The van der Waals surface area contributed by atoms with Crippen LogP contribution in [-0.4, -0.2) is 23.2 Å². The molecule has 1 rings (SSSR count). The summed E-state index contributed by atoms with van der Waals surface area (Å²) in [5.41, 5.74) is 0. The number of amides is 1. The van der Waals surface area contributed by atoms with Crippen molar-refractivity contribution in [2.75, 3.05) is 0 Å². The van der Waals surface area contributed by atoms with Crippen LogP contribution in [0.4, 0.5) is 0 Å². The van der Waals surface area contributed by atoms with Crippen LogP contribution in [0.3, 0.4) is 0 Å². The van der Waals surface area contributed by atoms with Gasteiger partial charge in [0, 0.05) is 6.04 Å².